The van der Waals surface area contributed by atoms with Gasteiger partial charge < -0.3 is 9.80 Å². The molecule has 0 saturated carbocycles. The Balaban J connectivity index is 1.93. The molecule has 1 heterocycles. The van der Waals surface area contributed by atoms with Crippen molar-refractivity contribution < 1.29 is 9.59 Å². The topological polar surface area (TPSA) is 40.6 Å². The van der Waals surface area contributed by atoms with Crippen molar-refractivity contribution in [3.05, 3.63) is 71.3 Å². The van der Waals surface area contributed by atoms with Crippen molar-refractivity contribution in [2.75, 3.05) is 38.7 Å². The Labute approximate surface area is 165 Å². The van der Waals surface area contributed by atoms with E-state index in [1.807, 2.05) is 61.1 Å². The molecule has 0 bridgehead atoms. The van der Waals surface area contributed by atoms with Crippen molar-refractivity contribution in [3.8, 4) is 0 Å². The number of thioether (sulfide) groups is 1. The van der Waals surface area contributed by atoms with Gasteiger partial charge in [0.1, 0.15) is 0 Å². The second-order valence-electron chi connectivity index (χ2n) is 7.08. The Morgan fingerprint density at radius 3 is 2.41 bits per heavy atom. The Morgan fingerprint density at radius 1 is 1.04 bits per heavy atom. The van der Waals surface area contributed by atoms with Gasteiger partial charge in [-0.25, -0.2) is 0 Å². The van der Waals surface area contributed by atoms with Crippen LogP contribution in [0.2, 0.25) is 0 Å². The van der Waals surface area contributed by atoms with Gasteiger partial charge in [0.25, 0.3) is 5.91 Å². The van der Waals surface area contributed by atoms with E-state index in [0.717, 1.165) is 31.0 Å². The number of rotatable bonds is 5. The molecule has 1 aliphatic rings. The number of carbonyl (C=O) groups excluding carboxylic acids is 2. The molecule has 0 spiro atoms. The van der Waals surface area contributed by atoms with Gasteiger partial charge in [0.15, 0.2) is 5.78 Å². The average Bonchev–Trinajstić information content (AvgIpc) is 2.92. The monoisotopic (exact) mass is 382 g/mol. The molecule has 5 heteroatoms. The molecule has 27 heavy (non-hydrogen) atoms. The maximum atomic E-state index is 13.4. The first-order valence-electron chi connectivity index (χ1n) is 9.30. The number of amides is 1. The normalized spacial score (nSPS) is 17.6. The smallest absolute Gasteiger partial charge is 0.254 e. The first-order chi connectivity index (χ1) is 13.1. The summed E-state index contributed by atoms with van der Waals surface area (Å²) < 4.78 is 0. The van der Waals surface area contributed by atoms with E-state index in [0.29, 0.717) is 16.7 Å². The Bertz CT molecular complexity index is 792. The second kappa shape index (κ2) is 9.20. The molecule has 2 aromatic carbocycles. The number of hydrogen-bond acceptors (Lipinski definition) is 4. The van der Waals surface area contributed by atoms with E-state index >= 15 is 0 Å². The lowest BCUT2D eigenvalue weighted by molar-refractivity contribution is 0.0672. The van der Waals surface area contributed by atoms with Crippen molar-refractivity contribution >= 4 is 23.5 Å². The summed E-state index contributed by atoms with van der Waals surface area (Å²) in [4.78, 5) is 30.5. The molecular formula is C22H26N2O2S. The van der Waals surface area contributed by atoms with Gasteiger partial charge in [-0.2, -0.15) is 11.8 Å². The van der Waals surface area contributed by atoms with Crippen LogP contribution in [-0.4, -0.2) is 66.2 Å². The third kappa shape index (κ3) is 4.79. The summed E-state index contributed by atoms with van der Waals surface area (Å²) in [6, 6.07) is 16.5. The van der Waals surface area contributed by atoms with Crippen LogP contribution in [0.1, 0.15) is 32.7 Å². The average molecular weight is 383 g/mol. The fourth-order valence-corrected chi connectivity index (χ4v) is 4.49. The van der Waals surface area contributed by atoms with E-state index in [-0.39, 0.29) is 17.7 Å². The van der Waals surface area contributed by atoms with Gasteiger partial charge in [-0.15, -0.1) is 0 Å². The number of likely N-dealkylation sites (N-methyl/N-ethyl adjacent to an activating group) is 1. The van der Waals surface area contributed by atoms with Gasteiger partial charge in [-0.05, 0) is 32.3 Å². The minimum absolute atomic E-state index is 0.0377. The predicted molar refractivity (Wildman–Crippen MR) is 112 cm³/mol. The molecular weight excluding hydrogens is 356 g/mol. The minimum atomic E-state index is -0.104. The summed E-state index contributed by atoms with van der Waals surface area (Å²) in [5.41, 5.74) is 1.59. The SMILES string of the molecule is CN(C)CC1CSCCCN1C(=O)c1ccccc1C(=O)c1ccccc1. The lowest BCUT2D eigenvalue weighted by Gasteiger charge is -2.32. The van der Waals surface area contributed by atoms with Gasteiger partial charge in [0.2, 0.25) is 0 Å². The molecule has 1 fully saturated rings. The van der Waals surface area contributed by atoms with Crippen molar-refractivity contribution in [2.24, 2.45) is 0 Å². The first-order valence-corrected chi connectivity index (χ1v) is 10.5. The van der Waals surface area contributed by atoms with Gasteiger partial charge in [-0.3, -0.25) is 9.59 Å². The Morgan fingerprint density at radius 2 is 1.70 bits per heavy atom. The van der Waals surface area contributed by atoms with Crippen LogP contribution < -0.4 is 0 Å². The number of hydrogen-bond donors (Lipinski definition) is 0. The van der Waals surface area contributed by atoms with Crippen LogP contribution in [0.5, 0.6) is 0 Å². The van der Waals surface area contributed by atoms with Gasteiger partial charge in [0, 0.05) is 30.0 Å². The lowest BCUT2D eigenvalue weighted by Crippen LogP contribution is -2.47. The summed E-state index contributed by atoms with van der Waals surface area (Å²) >= 11 is 1.90. The third-order valence-corrected chi connectivity index (χ3v) is 5.91. The van der Waals surface area contributed by atoms with Crippen LogP contribution in [0.4, 0.5) is 0 Å². The zero-order valence-corrected chi connectivity index (χ0v) is 16.7. The van der Waals surface area contributed by atoms with Crippen molar-refractivity contribution in [1.29, 1.82) is 0 Å². The molecule has 4 nitrogen and oxygen atoms in total. The highest BCUT2D eigenvalue weighted by Crippen LogP contribution is 2.22. The summed E-state index contributed by atoms with van der Waals surface area (Å²) in [5, 5.41) is 0. The fourth-order valence-electron chi connectivity index (χ4n) is 3.44. The molecule has 0 aromatic heterocycles. The molecule has 1 saturated heterocycles. The molecule has 142 valence electrons. The van der Waals surface area contributed by atoms with Gasteiger partial charge >= 0.3 is 0 Å². The highest BCUT2D eigenvalue weighted by atomic mass is 32.2. The highest BCUT2D eigenvalue weighted by Gasteiger charge is 2.29. The molecule has 2 aromatic rings. The van der Waals surface area contributed by atoms with Crippen LogP contribution in [0.15, 0.2) is 54.6 Å². The minimum Gasteiger partial charge on any atom is -0.333 e. The summed E-state index contributed by atoms with van der Waals surface area (Å²) in [6.45, 7) is 1.56. The quantitative estimate of drug-likeness (QED) is 0.743. The highest BCUT2D eigenvalue weighted by molar-refractivity contribution is 7.99. The van der Waals surface area contributed by atoms with Gasteiger partial charge in [-0.1, -0.05) is 48.5 Å². The fraction of sp³-hybridized carbons (Fsp3) is 0.364. The largest absolute Gasteiger partial charge is 0.333 e. The Kier molecular flexibility index (Phi) is 6.69. The number of ketones is 1. The molecule has 1 amide bonds. The zero-order chi connectivity index (χ0) is 19.2. The number of carbonyl (C=O) groups is 2. The standard InChI is InChI=1S/C22H26N2O2S/c1-23(2)15-18-16-27-14-8-13-24(18)22(26)20-12-7-6-11-19(20)21(25)17-9-4-3-5-10-17/h3-7,9-12,18H,8,13-16H2,1-2H3. The summed E-state index contributed by atoms with van der Waals surface area (Å²) in [5.74, 6) is 1.86. The van der Waals surface area contributed by atoms with Crippen LogP contribution in [0.25, 0.3) is 0 Å². The molecule has 0 aliphatic carbocycles. The van der Waals surface area contributed by atoms with E-state index in [9.17, 15) is 9.59 Å². The molecule has 1 atom stereocenters. The maximum Gasteiger partial charge on any atom is 0.254 e. The van der Waals surface area contributed by atoms with Crippen molar-refractivity contribution in [3.63, 3.8) is 0 Å². The molecule has 0 N–H and O–H groups in total. The van der Waals surface area contributed by atoms with Crippen molar-refractivity contribution in [2.45, 2.75) is 12.5 Å². The van der Waals surface area contributed by atoms with Crippen molar-refractivity contribution in [1.82, 2.24) is 9.80 Å². The Hall–Kier alpha value is -2.11. The van der Waals surface area contributed by atoms with E-state index in [1.54, 1.807) is 24.3 Å². The van der Waals surface area contributed by atoms with E-state index in [1.165, 1.54) is 0 Å². The van der Waals surface area contributed by atoms with Crippen LogP contribution >= 0.6 is 11.8 Å². The second-order valence-corrected chi connectivity index (χ2v) is 8.23. The van der Waals surface area contributed by atoms with Gasteiger partial charge in [0.05, 0.1) is 11.6 Å². The van der Waals surface area contributed by atoms with Crippen LogP contribution in [0, 0.1) is 0 Å². The van der Waals surface area contributed by atoms with Crippen LogP contribution in [0.3, 0.4) is 0 Å². The van der Waals surface area contributed by atoms with E-state index in [2.05, 4.69) is 4.90 Å². The summed E-state index contributed by atoms with van der Waals surface area (Å²) in [6.07, 6.45) is 0.981. The van der Waals surface area contributed by atoms with E-state index < -0.39 is 0 Å². The third-order valence-electron chi connectivity index (χ3n) is 4.71. The molecule has 1 aliphatic heterocycles. The van der Waals surface area contributed by atoms with E-state index in [4.69, 9.17) is 0 Å². The lowest BCUT2D eigenvalue weighted by atomic mass is 9.97. The van der Waals surface area contributed by atoms with Crippen LogP contribution in [-0.2, 0) is 0 Å². The predicted octanol–water partition coefficient (Wildman–Crippen LogP) is 3.43. The first kappa shape index (κ1) is 19.6. The molecule has 1 unspecified atom stereocenters. The molecule has 3 rings (SSSR count). The zero-order valence-electron chi connectivity index (χ0n) is 15.9. The molecule has 0 radical (unpaired) electrons. The summed E-state index contributed by atoms with van der Waals surface area (Å²) in [7, 11) is 4.07. The number of nitrogens with zero attached hydrogens (tertiary/aromatic N) is 2. The number of benzene rings is 2. The maximum absolute atomic E-state index is 13.4.